The van der Waals surface area contributed by atoms with Crippen molar-refractivity contribution in [3.05, 3.63) is 54.1 Å². The second kappa shape index (κ2) is 9.73. The molecule has 10 heteroatoms. The molecule has 156 valence electrons. The van der Waals surface area contributed by atoms with Crippen molar-refractivity contribution in [2.24, 2.45) is 0 Å². The number of fused-ring (bicyclic) bond motifs is 1. The third kappa shape index (κ3) is 4.35. The monoisotopic (exact) mass is 435 g/mol. The lowest BCUT2D eigenvalue weighted by Crippen LogP contribution is -2.34. The summed E-state index contributed by atoms with van der Waals surface area (Å²) in [6.45, 7) is 4.41. The molecular weight excluding hydrogens is 412 g/mol. The standard InChI is InChI=1S/C18H23F2N3O3S.ClH/c1-2-21-10-12-26-13-11-22-16-8-3-4-9-17(16)23(27(22,24)25)18-14(19)6-5-7-15(18)20;/h3-9,21,24-25H,2,10-13H2,1H3;1H. The number of nitrogens with one attached hydrogen (secondary N) is 1. The lowest BCUT2D eigenvalue weighted by molar-refractivity contribution is 0.144. The molecule has 0 spiro atoms. The Bertz CT molecular complexity index is 780. The third-order valence-corrected chi connectivity index (χ3v) is 6.00. The second-order valence-electron chi connectivity index (χ2n) is 5.91. The van der Waals surface area contributed by atoms with Gasteiger partial charge in [0.05, 0.1) is 31.1 Å². The molecule has 2 aromatic rings. The first kappa shape index (κ1) is 22.7. The molecule has 0 fully saturated rings. The molecule has 0 radical (unpaired) electrons. The first-order valence-corrected chi connectivity index (χ1v) is 10.1. The molecular formula is C18H24ClF2N3O3S. The Morgan fingerprint density at radius 1 is 1.00 bits per heavy atom. The molecule has 0 saturated heterocycles. The summed E-state index contributed by atoms with van der Waals surface area (Å²) in [6.07, 6.45) is 0. The van der Waals surface area contributed by atoms with Gasteiger partial charge in [-0.15, -0.1) is 12.4 Å². The molecule has 2 aromatic carbocycles. The van der Waals surface area contributed by atoms with Gasteiger partial charge in [-0.3, -0.25) is 9.11 Å². The van der Waals surface area contributed by atoms with Crippen LogP contribution in [0.25, 0.3) is 0 Å². The maximum absolute atomic E-state index is 14.4. The normalized spacial score (nSPS) is 15.9. The Kier molecular flexibility index (Phi) is 7.87. The molecule has 0 amide bonds. The summed E-state index contributed by atoms with van der Waals surface area (Å²) in [5.41, 5.74) is 0.324. The van der Waals surface area contributed by atoms with E-state index in [-0.39, 0.29) is 25.6 Å². The van der Waals surface area contributed by atoms with Crippen LogP contribution in [-0.2, 0) is 4.74 Å². The zero-order chi connectivity index (χ0) is 19.4. The van der Waals surface area contributed by atoms with Crippen molar-refractivity contribution in [2.75, 3.05) is 41.5 Å². The lowest BCUT2D eigenvalue weighted by atomic mass is 10.2. The predicted molar refractivity (Wildman–Crippen MR) is 112 cm³/mol. The fourth-order valence-electron chi connectivity index (χ4n) is 2.95. The van der Waals surface area contributed by atoms with E-state index in [2.05, 4.69) is 5.32 Å². The van der Waals surface area contributed by atoms with Gasteiger partial charge in [-0.25, -0.2) is 17.4 Å². The highest BCUT2D eigenvalue weighted by atomic mass is 35.5. The van der Waals surface area contributed by atoms with E-state index in [1.165, 1.54) is 10.4 Å². The molecule has 0 unspecified atom stereocenters. The van der Waals surface area contributed by atoms with Crippen LogP contribution in [0.5, 0.6) is 0 Å². The summed E-state index contributed by atoms with van der Waals surface area (Å²) >= 11 is 0. The van der Waals surface area contributed by atoms with Crippen molar-refractivity contribution in [1.29, 1.82) is 0 Å². The molecule has 1 aliphatic heterocycles. The van der Waals surface area contributed by atoms with E-state index in [0.717, 1.165) is 23.0 Å². The van der Waals surface area contributed by atoms with Crippen LogP contribution in [0.2, 0.25) is 0 Å². The van der Waals surface area contributed by atoms with Crippen LogP contribution in [-0.4, -0.2) is 42.0 Å². The predicted octanol–water partition coefficient (Wildman–Crippen LogP) is 4.55. The smallest absolute Gasteiger partial charge is 0.151 e. The molecule has 1 heterocycles. The van der Waals surface area contributed by atoms with Crippen LogP contribution in [0.15, 0.2) is 42.5 Å². The number of benzene rings is 2. The summed E-state index contributed by atoms with van der Waals surface area (Å²) in [6, 6.07) is 10.1. The fraction of sp³-hybridized carbons (Fsp3) is 0.333. The average molecular weight is 436 g/mol. The highest BCUT2D eigenvalue weighted by Gasteiger charge is 2.43. The quantitative estimate of drug-likeness (QED) is 0.528. The Labute approximate surface area is 171 Å². The van der Waals surface area contributed by atoms with Gasteiger partial charge >= 0.3 is 0 Å². The van der Waals surface area contributed by atoms with E-state index >= 15 is 0 Å². The molecule has 0 saturated carbocycles. The minimum Gasteiger partial charge on any atom is -0.378 e. The van der Waals surface area contributed by atoms with Crippen molar-refractivity contribution in [3.8, 4) is 0 Å². The van der Waals surface area contributed by atoms with Crippen molar-refractivity contribution in [3.63, 3.8) is 0 Å². The first-order chi connectivity index (χ1) is 13.0. The Morgan fingerprint density at radius 3 is 2.29 bits per heavy atom. The number of nitrogens with zero attached hydrogens (tertiary/aromatic N) is 2. The summed E-state index contributed by atoms with van der Waals surface area (Å²) in [5.74, 6) is -1.73. The second-order valence-corrected chi connectivity index (χ2v) is 7.70. The number of anilines is 3. The maximum atomic E-state index is 14.4. The van der Waals surface area contributed by atoms with Gasteiger partial charge in [-0.05, 0) is 41.8 Å². The van der Waals surface area contributed by atoms with Crippen LogP contribution in [0, 0.1) is 11.6 Å². The molecule has 0 aliphatic carbocycles. The topological polar surface area (TPSA) is 68.2 Å². The van der Waals surface area contributed by atoms with Crippen molar-refractivity contribution in [1.82, 2.24) is 5.32 Å². The number of hydrogen-bond donors (Lipinski definition) is 3. The zero-order valence-corrected chi connectivity index (χ0v) is 17.0. The fourth-order valence-corrected chi connectivity index (χ4v) is 4.72. The average Bonchev–Trinajstić information content (AvgIpc) is 2.85. The van der Waals surface area contributed by atoms with Crippen molar-refractivity contribution < 1.29 is 22.6 Å². The van der Waals surface area contributed by atoms with E-state index in [0.29, 0.717) is 24.5 Å². The lowest BCUT2D eigenvalue weighted by Gasteiger charge is -2.43. The molecule has 3 N–H and O–H groups in total. The van der Waals surface area contributed by atoms with Gasteiger partial charge in [0.25, 0.3) is 0 Å². The van der Waals surface area contributed by atoms with Gasteiger partial charge < -0.3 is 10.1 Å². The van der Waals surface area contributed by atoms with Crippen LogP contribution >= 0.6 is 23.4 Å². The molecule has 28 heavy (non-hydrogen) atoms. The minimum atomic E-state index is -3.69. The third-order valence-electron chi connectivity index (χ3n) is 4.16. The molecule has 0 atom stereocenters. The summed E-state index contributed by atoms with van der Waals surface area (Å²) in [5, 5.41) is 3.13. The van der Waals surface area contributed by atoms with Crippen LogP contribution < -0.4 is 13.9 Å². The van der Waals surface area contributed by atoms with E-state index in [4.69, 9.17) is 4.74 Å². The van der Waals surface area contributed by atoms with Gasteiger partial charge in [-0.1, -0.05) is 25.1 Å². The van der Waals surface area contributed by atoms with Gasteiger partial charge in [0, 0.05) is 6.54 Å². The van der Waals surface area contributed by atoms with E-state index in [1.807, 2.05) is 6.92 Å². The molecule has 6 nitrogen and oxygen atoms in total. The van der Waals surface area contributed by atoms with Gasteiger partial charge in [0.15, 0.2) is 11.6 Å². The molecule has 1 aliphatic rings. The molecule has 0 bridgehead atoms. The van der Waals surface area contributed by atoms with Gasteiger partial charge in [0.2, 0.25) is 0 Å². The summed E-state index contributed by atoms with van der Waals surface area (Å²) in [4.78, 5) is 0. The van der Waals surface area contributed by atoms with E-state index in [1.54, 1.807) is 24.3 Å². The zero-order valence-electron chi connectivity index (χ0n) is 15.3. The van der Waals surface area contributed by atoms with Crippen molar-refractivity contribution >= 4 is 40.4 Å². The number of rotatable bonds is 8. The Morgan fingerprint density at radius 2 is 1.64 bits per heavy atom. The SMILES string of the molecule is CCNCCOCCN1c2ccccc2N(c2c(F)cccc2F)S1(O)O.Cl. The number of para-hydroxylation sites is 3. The number of likely N-dealkylation sites (N-methyl/N-ethyl adjacent to an activating group) is 1. The largest absolute Gasteiger partial charge is 0.378 e. The van der Waals surface area contributed by atoms with Gasteiger partial charge in [-0.2, -0.15) is 0 Å². The summed E-state index contributed by atoms with van der Waals surface area (Å²) in [7, 11) is -3.69. The van der Waals surface area contributed by atoms with Crippen LogP contribution in [0.3, 0.4) is 0 Å². The van der Waals surface area contributed by atoms with Crippen LogP contribution in [0.4, 0.5) is 25.8 Å². The van der Waals surface area contributed by atoms with E-state index in [9.17, 15) is 17.9 Å². The highest BCUT2D eigenvalue weighted by molar-refractivity contribution is 8.27. The molecule has 0 aromatic heterocycles. The molecule has 3 rings (SSSR count). The number of halogens is 3. The minimum absolute atomic E-state index is 0. The van der Waals surface area contributed by atoms with Gasteiger partial charge in [0.1, 0.15) is 5.69 Å². The number of hydrogen-bond acceptors (Lipinski definition) is 6. The highest BCUT2D eigenvalue weighted by Crippen LogP contribution is 2.64. The van der Waals surface area contributed by atoms with E-state index < -0.39 is 28.3 Å². The van der Waals surface area contributed by atoms with Crippen molar-refractivity contribution in [2.45, 2.75) is 6.92 Å². The Balaban J connectivity index is 0.00000280. The van der Waals surface area contributed by atoms with Crippen LogP contribution in [0.1, 0.15) is 6.92 Å². The Hall–Kier alpha value is -1.62. The first-order valence-electron chi connectivity index (χ1n) is 8.66. The maximum Gasteiger partial charge on any atom is 0.151 e. The number of ether oxygens (including phenoxy) is 1. The summed E-state index contributed by atoms with van der Waals surface area (Å²) < 4.78 is 58.2.